The fourth-order valence-electron chi connectivity index (χ4n) is 2.40. The van der Waals surface area contributed by atoms with E-state index in [4.69, 9.17) is 0 Å². The highest BCUT2D eigenvalue weighted by Crippen LogP contribution is 2.17. The van der Waals surface area contributed by atoms with E-state index in [9.17, 15) is 14.9 Å². The average Bonchev–Trinajstić information content (AvgIpc) is 2.85. The normalized spacial score (nSPS) is 19.4. The highest BCUT2D eigenvalue weighted by molar-refractivity contribution is 5.76. The summed E-state index contributed by atoms with van der Waals surface area (Å²) in [7, 11) is 0. The van der Waals surface area contributed by atoms with Gasteiger partial charge < -0.3 is 15.0 Å². The molecule has 1 aromatic heterocycles. The van der Waals surface area contributed by atoms with Gasteiger partial charge in [0.2, 0.25) is 5.91 Å². The van der Waals surface area contributed by atoms with E-state index in [1.807, 2.05) is 4.90 Å². The highest BCUT2D eigenvalue weighted by atomic mass is 16.6. The Morgan fingerprint density at radius 2 is 2.37 bits per heavy atom. The number of amides is 1. The standard InChI is InChI=1S/C12H18N4O3/c1-10-4-2-3-7-15(10)12(17)6-9-14-8-5-11(13-14)16(18)19/h5,8,10H,2-4,6-7,9H2,1H3/t10-/m1/s1. The summed E-state index contributed by atoms with van der Waals surface area (Å²) >= 11 is 0. The molecule has 0 N–H and O–H groups in total. The molecule has 1 saturated heterocycles. The van der Waals surface area contributed by atoms with Crippen LogP contribution < -0.4 is 0 Å². The molecular formula is C12H18N4O3. The zero-order valence-electron chi connectivity index (χ0n) is 11.0. The van der Waals surface area contributed by atoms with Gasteiger partial charge >= 0.3 is 5.82 Å². The van der Waals surface area contributed by atoms with Crippen LogP contribution in [0.1, 0.15) is 32.6 Å². The van der Waals surface area contributed by atoms with Gasteiger partial charge in [-0.25, -0.2) is 0 Å². The summed E-state index contributed by atoms with van der Waals surface area (Å²) < 4.78 is 1.45. The second kappa shape index (κ2) is 5.81. The van der Waals surface area contributed by atoms with Crippen molar-refractivity contribution in [2.45, 2.75) is 45.2 Å². The first-order chi connectivity index (χ1) is 9.08. The van der Waals surface area contributed by atoms with E-state index < -0.39 is 4.92 Å². The zero-order valence-corrected chi connectivity index (χ0v) is 11.0. The van der Waals surface area contributed by atoms with E-state index in [2.05, 4.69) is 12.0 Å². The summed E-state index contributed by atoms with van der Waals surface area (Å²) in [6.07, 6.45) is 5.16. The van der Waals surface area contributed by atoms with Crippen molar-refractivity contribution < 1.29 is 9.72 Å². The van der Waals surface area contributed by atoms with Crippen LogP contribution in [-0.2, 0) is 11.3 Å². The van der Waals surface area contributed by atoms with Crippen molar-refractivity contribution in [1.29, 1.82) is 0 Å². The molecule has 0 unspecified atom stereocenters. The molecule has 1 aliphatic heterocycles. The van der Waals surface area contributed by atoms with Gasteiger partial charge in [0.05, 0.1) is 23.9 Å². The summed E-state index contributed by atoms with van der Waals surface area (Å²) in [5.41, 5.74) is 0. The molecule has 1 aromatic rings. The lowest BCUT2D eigenvalue weighted by atomic mass is 10.0. The lowest BCUT2D eigenvalue weighted by molar-refractivity contribution is -0.389. The Kier molecular flexibility index (Phi) is 4.13. The SMILES string of the molecule is C[C@@H]1CCCCN1C(=O)CCn1ccc([N+](=O)[O-])n1. The molecule has 2 rings (SSSR count). The zero-order chi connectivity index (χ0) is 13.8. The van der Waals surface area contributed by atoms with Crippen LogP contribution in [0.25, 0.3) is 0 Å². The van der Waals surface area contributed by atoms with Crippen molar-refractivity contribution in [2.24, 2.45) is 0 Å². The minimum absolute atomic E-state index is 0.102. The number of aromatic nitrogens is 2. The number of nitrogens with zero attached hydrogens (tertiary/aromatic N) is 4. The smallest absolute Gasteiger partial charge is 0.358 e. The molecule has 1 fully saturated rings. The molecule has 2 heterocycles. The minimum atomic E-state index is -0.537. The second-order valence-electron chi connectivity index (χ2n) is 4.88. The van der Waals surface area contributed by atoms with Gasteiger partial charge in [0.15, 0.2) is 0 Å². The predicted molar refractivity (Wildman–Crippen MR) is 68.5 cm³/mol. The molecular weight excluding hydrogens is 248 g/mol. The molecule has 7 heteroatoms. The van der Waals surface area contributed by atoms with Crippen molar-refractivity contribution in [3.63, 3.8) is 0 Å². The third kappa shape index (κ3) is 3.30. The minimum Gasteiger partial charge on any atom is -0.358 e. The summed E-state index contributed by atoms with van der Waals surface area (Å²) in [5.74, 6) is -0.0795. The predicted octanol–water partition coefficient (Wildman–Crippen LogP) is 1.58. The summed E-state index contributed by atoms with van der Waals surface area (Å²) in [4.78, 5) is 23.9. The van der Waals surface area contributed by atoms with E-state index >= 15 is 0 Å². The Balaban J connectivity index is 1.87. The van der Waals surface area contributed by atoms with Gasteiger partial charge in [-0.1, -0.05) is 0 Å². The van der Waals surface area contributed by atoms with Crippen LogP contribution in [0.2, 0.25) is 0 Å². The number of carbonyl (C=O) groups excluding carboxylic acids is 1. The number of aryl methyl sites for hydroxylation is 1. The number of carbonyl (C=O) groups is 1. The van der Waals surface area contributed by atoms with Crippen LogP contribution in [0, 0.1) is 10.1 Å². The van der Waals surface area contributed by atoms with Crippen LogP contribution in [0.15, 0.2) is 12.3 Å². The fraction of sp³-hybridized carbons (Fsp3) is 0.667. The van der Waals surface area contributed by atoms with Crippen LogP contribution in [0.4, 0.5) is 5.82 Å². The summed E-state index contributed by atoms with van der Waals surface area (Å²) in [6.45, 7) is 3.27. The van der Waals surface area contributed by atoms with Crippen molar-refractivity contribution >= 4 is 11.7 Å². The monoisotopic (exact) mass is 266 g/mol. The highest BCUT2D eigenvalue weighted by Gasteiger charge is 2.23. The number of piperidine rings is 1. The molecule has 0 aromatic carbocycles. The molecule has 1 amide bonds. The van der Waals surface area contributed by atoms with Gasteiger partial charge in [0, 0.05) is 19.0 Å². The lowest BCUT2D eigenvalue weighted by Crippen LogP contribution is -2.42. The maximum atomic E-state index is 12.1. The molecule has 0 bridgehead atoms. The van der Waals surface area contributed by atoms with Crippen molar-refractivity contribution in [1.82, 2.24) is 14.7 Å². The van der Waals surface area contributed by atoms with E-state index in [0.717, 1.165) is 19.4 Å². The second-order valence-corrected chi connectivity index (χ2v) is 4.88. The molecule has 1 atom stereocenters. The third-order valence-corrected chi connectivity index (χ3v) is 3.49. The Morgan fingerprint density at radius 3 is 3.00 bits per heavy atom. The van der Waals surface area contributed by atoms with Crippen LogP contribution in [0.5, 0.6) is 0 Å². The average molecular weight is 266 g/mol. The number of likely N-dealkylation sites (tertiary alicyclic amines) is 1. The summed E-state index contributed by atoms with van der Waals surface area (Å²) in [5, 5.41) is 14.3. The van der Waals surface area contributed by atoms with Gasteiger partial charge in [-0.15, -0.1) is 0 Å². The van der Waals surface area contributed by atoms with E-state index in [1.165, 1.54) is 23.4 Å². The first-order valence-corrected chi connectivity index (χ1v) is 6.55. The maximum Gasteiger partial charge on any atom is 0.389 e. The molecule has 7 nitrogen and oxygen atoms in total. The largest absolute Gasteiger partial charge is 0.389 e. The Hall–Kier alpha value is -1.92. The van der Waals surface area contributed by atoms with E-state index in [1.54, 1.807) is 0 Å². The fourth-order valence-corrected chi connectivity index (χ4v) is 2.40. The van der Waals surface area contributed by atoms with E-state index in [-0.39, 0.29) is 11.7 Å². The molecule has 0 saturated carbocycles. The Bertz CT molecular complexity index is 471. The first kappa shape index (κ1) is 13.5. The number of hydrogen-bond donors (Lipinski definition) is 0. The Morgan fingerprint density at radius 1 is 1.58 bits per heavy atom. The molecule has 1 aliphatic rings. The van der Waals surface area contributed by atoms with Crippen LogP contribution >= 0.6 is 0 Å². The van der Waals surface area contributed by atoms with Gasteiger partial charge in [-0.05, 0) is 31.1 Å². The topological polar surface area (TPSA) is 81.3 Å². The Labute approximate surface area is 111 Å². The molecule has 0 radical (unpaired) electrons. The quantitative estimate of drug-likeness (QED) is 0.612. The van der Waals surface area contributed by atoms with Gasteiger partial charge in [0.1, 0.15) is 0 Å². The molecule has 104 valence electrons. The van der Waals surface area contributed by atoms with Crippen LogP contribution in [0.3, 0.4) is 0 Å². The molecule has 0 aliphatic carbocycles. The van der Waals surface area contributed by atoms with Crippen LogP contribution in [-0.4, -0.2) is 38.1 Å². The first-order valence-electron chi connectivity index (χ1n) is 6.55. The summed E-state index contributed by atoms with van der Waals surface area (Å²) in [6, 6.07) is 1.64. The van der Waals surface area contributed by atoms with E-state index in [0.29, 0.717) is 19.0 Å². The lowest BCUT2D eigenvalue weighted by Gasteiger charge is -2.33. The molecule has 19 heavy (non-hydrogen) atoms. The maximum absolute atomic E-state index is 12.1. The third-order valence-electron chi connectivity index (χ3n) is 3.49. The number of nitro groups is 1. The van der Waals surface area contributed by atoms with Crippen molar-refractivity contribution in [3.05, 3.63) is 22.4 Å². The van der Waals surface area contributed by atoms with Gasteiger partial charge in [-0.2, -0.15) is 4.68 Å². The number of rotatable bonds is 4. The van der Waals surface area contributed by atoms with Crippen molar-refractivity contribution in [2.75, 3.05) is 6.54 Å². The van der Waals surface area contributed by atoms with Crippen molar-refractivity contribution in [3.8, 4) is 0 Å². The van der Waals surface area contributed by atoms with Gasteiger partial charge in [0.25, 0.3) is 0 Å². The van der Waals surface area contributed by atoms with Gasteiger partial charge in [-0.3, -0.25) is 4.79 Å². The number of hydrogen-bond acceptors (Lipinski definition) is 4. The molecule has 0 spiro atoms.